The van der Waals surface area contributed by atoms with Gasteiger partial charge >= 0.3 is 0 Å². The maximum absolute atomic E-state index is 14.2. The molecule has 1 heterocycles. The molecule has 0 aliphatic rings. The van der Waals surface area contributed by atoms with Gasteiger partial charge in [0.1, 0.15) is 5.75 Å². The maximum Gasteiger partial charge on any atom is 0.201 e. The van der Waals surface area contributed by atoms with Gasteiger partial charge < -0.3 is 9.47 Å². The number of hydrogen-bond acceptors (Lipinski definition) is 3. The molecule has 2 aromatic carbocycles. The van der Waals surface area contributed by atoms with Crippen molar-refractivity contribution in [2.75, 3.05) is 14.2 Å². The lowest BCUT2D eigenvalue weighted by Crippen LogP contribution is -1.93. The van der Waals surface area contributed by atoms with Crippen LogP contribution in [0.3, 0.4) is 0 Å². The Morgan fingerprint density at radius 3 is 2.09 bits per heavy atom. The quantitative estimate of drug-likeness (QED) is 0.639. The van der Waals surface area contributed by atoms with E-state index in [4.69, 9.17) is 9.47 Å². The van der Waals surface area contributed by atoms with Crippen LogP contribution in [-0.4, -0.2) is 14.2 Å². The minimum absolute atomic E-state index is 0.0989. The Labute approximate surface area is 136 Å². The summed E-state index contributed by atoms with van der Waals surface area (Å²) in [5.74, 6) is -1.19. The summed E-state index contributed by atoms with van der Waals surface area (Å²) in [6.07, 6.45) is 0. The van der Waals surface area contributed by atoms with Gasteiger partial charge in [0.2, 0.25) is 5.82 Å². The van der Waals surface area contributed by atoms with Crippen LogP contribution in [0.25, 0.3) is 20.9 Å². The molecule has 0 bridgehead atoms. The Balaban J connectivity index is 1.97. The van der Waals surface area contributed by atoms with E-state index < -0.39 is 11.6 Å². The molecule has 0 atom stereocenters. The van der Waals surface area contributed by atoms with E-state index in [-0.39, 0.29) is 11.3 Å². The highest BCUT2D eigenvalue weighted by Crippen LogP contribution is 2.37. The van der Waals surface area contributed by atoms with E-state index in [9.17, 15) is 8.78 Å². The first-order valence-corrected chi connectivity index (χ1v) is 7.72. The summed E-state index contributed by atoms with van der Waals surface area (Å²) in [7, 11) is 2.92. The number of ether oxygens (including phenoxy) is 2. The van der Waals surface area contributed by atoms with E-state index >= 15 is 0 Å². The van der Waals surface area contributed by atoms with Crippen LogP contribution in [-0.2, 0) is 0 Å². The molecule has 2 nitrogen and oxygen atoms in total. The van der Waals surface area contributed by atoms with Gasteiger partial charge in [0.05, 0.1) is 14.2 Å². The van der Waals surface area contributed by atoms with Crippen molar-refractivity contribution in [1.82, 2.24) is 0 Å². The first-order chi connectivity index (χ1) is 11.1. The summed E-state index contributed by atoms with van der Waals surface area (Å²) >= 11 is 1.40. The predicted octanol–water partition coefficient (Wildman–Crippen LogP) is 5.38. The molecule has 0 N–H and O–H groups in total. The Morgan fingerprint density at radius 2 is 1.43 bits per heavy atom. The third kappa shape index (κ3) is 2.92. The first-order valence-electron chi connectivity index (χ1n) is 6.90. The Kier molecular flexibility index (Phi) is 4.30. The summed E-state index contributed by atoms with van der Waals surface area (Å²) < 4.78 is 38.0. The Bertz CT molecular complexity index is 826. The van der Waals surface area contributed by atoms with Gasteiger partial charge in [0, 0.05) is 15.3 Å². The second-order valence-electron chi connectivity index (χ2n) is 4.84. The second-order valence-corrected chi connectivity index (χ2v) is 5.92. The zero-order valence-electron chi connectivity index (χ0n) is 12.6. The molecule has 118 valence electrons. The van der Waals surface area contributed by atoms with Gasteiger partial charge in [-0.15, -0.1) is 11.3 Å². The van der Waals surface area contributed by atoms with E-state index in [1.807, 2.05) is 30.3 Å². The first kappa shape index (κ1) is 15.5. The van der Waals surface area contributed by atoms with Crippen LogP contribution < -0.4 is 9.47 Å². The van der Waals surface area contributed by atoms with Crippen LogP contribution in [0.2, 0.25) is 0 Å². The Morgan fingerprint density at radius 1 is 0.739 bits per heavy atom. The molecule has 0 radical (unpaired) electrons. The third-order valence-corrected chi connectivity index (χ3v) is 4.68. The monoisotopic (exact) mass is 332 g/mol. The molecule has 3 aromatic rings. The highest BCUT2D eigenvalue weighted by Gasteiger charge is 2.16. The van der Waals surface area contributed by atoms with E-state index in [1.54, 1.807) is 13.2 Å². The minimum Gasteiger partial charge on any atom is -0.497 e. The Hall–Kier alpha value is -2.40. The zero-order chi connectivity index (χ0) is 16.4. The van der Waals surface area contributed by atoms with Gasteiger partial charge in [-0.25, -0.2) is 4.39 Å². The molecule has 3 rings (SSSR count). The molecule has 0 amide bonds. The lowest BCUT2D eigenvalue weighted by molar-refractivity contribution is 0.372. The molecule has 0 spiro atoms. The van der Waals surface area contributed by atoms with Crippen molar-refractivity contribution >= 4 is 11.3 Å². The SMILES string of the molecule is COc1ccc(-c2ccc(-c3ccc(OC)c(F)c3F)s2)cc1. The van der Waals surface area contributed by atoms with Crippen molar-refractivity contribution in [3.8, 4) is 32.4 Å². The van der Waals surface area contributed by atoms with Crippen molar-refractivity contribution in [2.24, 2.45) is 0 Å². The van der Waals surface area contributed by atoms with Crippen molar-refractivity contribution in [3.05, 3.63) is 60.2 Å². The van der Waals surface area contributed by atoms with E-state index in [2.05, 4.69) is 0 Å². The fourth-order valence-corrected chi connectivity index (χ4v) is 3.30. The summed E-state index contributed by atoms with van der Waals surface area (Å²) in [6, 6.07) is 14.2. The van der Waals surface area contributed by atoms with Crippen molar-refractivity contribution < 1.29 is 18.3 Å². The molecule has 0 saturated heterocycles. The fourth-order valence-electron chi connectivity index (χ4n) is 2.27. The molecule has 23 heavy (non-hydrogen) atoms. The van der Waals surface area contributed by atoms with Crippen molar-refractivity contribution in [3.63, 3.8) is 0 Å². The normalized spacial score (nSPS) is 10.6. The summed E-state index contributed by atoms with van der Waals surface area (Å²) in [4.78, 5) is 1.63. The van der Waals surface area contributed by atoms with Gasteiger partial charge in [-0.05, 0) is 54.1 Å². The van der Waals surface area contributed by atoms with Crippen LogP contribution in [0, 0.1) is 11.6 Å². The third-order valence-electron chi connectivity index (χ3n) is 3.51. The minimum atomic E-state index is -0.968. The van der Waals surface area contributed by atoms with Crippen LogP contribution in [0.15, 0.2) is 48.5 Å². The second kappa shape index (κ2) is 6.38. The number of benzene rings is 2. The molecule has 0 aliphatic carbocycles. The van der Waals surface area contributed by atoms with Crippen LogP contribution in [0.5, 0.6) is 11.5 Å². The van der Waals surface area contributed by atoms with E-state index in [0.717, 1.165) is 16.2 Å². The van der Waals surface area contributed by atoms with Gasteiger partial charge in [0.15, 0.2) is 11.6 Å². The zero-order valence-corrected chi connectivity index (χ0v) is 13.4. The molecular weight excluding hydrogens is 318 g/mol. The summed E-state index contributed by atoms with van der Waals surface area (Å²) in [5, 5.41) is 0. The average Bonchev–Trinajstić information content (AvgIpc) is 3.07. The van der Waals surface area contributed by atoms with Crippen LogP contribution in [0.1, 0.15) is 0 Å². The molecular formula is C18H14F2O2S. The predicted molar refractivity (Wildman–Crippen MR) is 88.2 cm³/mol. The van der Waals surface area contributed by atoms with Crippen LogP contribution in [0.4, 0.5) is 8.78 Å². The standard InChI is InChI=1S/C18H14F2O2S/c1-21-12-5-3-11(4-6-12)15-9-10-16(23-15)13-7-8-14(22-2)18(20)17(13)19/h3-10H,1-2H3. The summed E-state index contributed by atoms with van der Waals surface area (Å²) in [6.45, 7) is 0. The molecule has 0 fully saturated rings. The summed E-state index contributed by atoms with van der Waals surface area (Å²) in [5.41, 5.74) is 1.23. The maximum atomic E-state index is 14.2. The van der Waals surface area contributed by atoms with Crippen molar-refractivity contribution in [1.29, 1.82) is 0 Å². The number of thiophene rings is 1. The van der Waals surface area contributed by atoms with Crippen LogP contribution >= 0.6 is 11.3 Å². The average molecular weight is 332 g/mol. The van der Waals surface area contributed by atoms with Gasteiger partial charge in [-0.1, -0.05) is 0 Å². The number of methoxy groups -OCH3 is 2. The molecule has 0 saturated carbocycles. The molecule has 1 aromatic heterocycles. The molecule has 5 heteroatoms. The number of rotatable bonds is 4. The highest BCUT2D eigenvalue weighted by atomic mass is 32.1. The van der Waals surface area contributed by atoms with Gasteiger partial charge in [0.25, 0.3) is 0 Å². The van der Waals surface area contributed by atoms with E-state index in [0.29, 0.717) is 4.88 Å². The van der Waals surface area contributed by atoms with E-state index in [1.165, 1.54) is 30.6 Å². The van der Waals surface area contributed by atoms with Crippen molar-refractivity contribution in [2.45, 2.75) is 0 Å². The lowest BCUT2D eigenvalue weighted by atomic mass is 10.1. The fraction of sp³-hybridized carbons (Fsp3) is 0.111. The van der Waals surface area contributed by atoms with Gasteiger partial charge in [-0.2, -0.15) is 4.39 Å². The highest BCUT2D eigenvalue weighted by molar-refractivity contribution is 7.18. The lowest BCUT2D eigenvalue weighted by Gasteiger charge is -2.06. The number of halogens is 2. The topological polar surface area (TPSA) is 18.5 Å². The molecule has 0 unspecified atom stereocenters. The molecule has 0 aliphatic heterocycles. The van der Waals surface area contributed by atoms with Gasteiger partial charge in [-0.3, -0.25) is 0 Å². The largest absolute Gasteiger partial charge is 0.497 e. The smallest absolute Gasteiger partial charge is 0.201 e. The number of hydrogen-bond donors (Lipinski definition) is 0.